The van der Waals surface area contributed by atoms with Gasteiger partial charge in [0.2, 0.25) is 5.91 Å². The van der Waals surface area contributed by atoms with Crippen molar-refractivity contribution in [2.24, 2.45) is 0 Å². The molecule has 0 spiro atoms. The Labute approximate surface area is 154 Å². The predicted octanol–water partition coefficient (Wildman–Crippen LogP) is 2.72. The Kier molecular flexibility index (Phi) is 7.62. The number of carbonyl (C=O) groups is 3. The molecule has 7 nitrogen and oxygen atoms in total. The fourth-order valence-electron chi connectivity index (χ4n) is 1.86. The zero-order valence-corrected chi connectivity index (χ0v) is 15.2. The van der Waals surface area contributed by atoms with E-state index in [9.17, 15) is 27.6 Å². The second-order valence-corrected chi connectivity index (χ2v) is 6.61. The Bertz CT molecular complexity index is 685. The van der Waals surface area contributed by atoms with Gasteiger partial charge in [-0.25, -0.2) is 4.79 Å². The minimum absolute atomic E-state index is 0.0196. The van der Waals surface area contributed by atoms with E-state index in [1.807, 2.05) is 0 Å². The predicted molar refractivity (Wildman–Crippen MR) is 91.8 cm³/mol. The number of hydrogen-bond acceptors (Lipinski definition) is 4. The van der Waals surface area contributed by atoms with Crippen LogP contribution in [-0.4, -0.2) is 36.2 Å². The highest BCUT2D eigenvalue weighted by molar-refractivity contribution is 5.91. The number of alkyl halides is 3. The monoisotopic (exact) mass is 389 g/mol. The molecular weight excluding hydrogens is 367 g/mol. The third-order valence-corrected chi connectivity index (χ3v) is 2.94. The fraction of sp³-hybridized carbons (Fsp3) is 0.471. The molecule has 0 aromatic heterocycles. The van der Waals surface area contributed by atoms with Crippen molar-refractivity contribution < 1.29 is 32.3 Å². The van der Waals surface area contributed by atoms with Gasteiger partial charge >= 0.3 is 18.2 Å². The second-order valence-electron chi connectivity index (χ2n) is 6.61. The molecular formula is C17H22F3N3O4. The standard InChI is InChI=1S/C17H22F3N3O4/c1-16(2,3)27-15(26)21-8-7-13(24)23-12-6-4-5-11(9-12)10-22-14(25)17(18,19)20/h4-6,9H,7-8,10H2,1-3H3,(H,21,26)(H,22,25)(H,23,24). The highest BCUT2D eigenvalue weighted by Gasteiger charge is 2.38. The lowest BCUT2D eigenvalue weighted by Crippen LogP contribution is -2.36. The van der Waals surface area contributed by atoms with Crippen LogP contribution >= 0.6 is 0 Å². The number of hydrogen-bond donors (Lipinski definition) is 3. The first-order valence-electron chi connectivity index (χ1n) is 8.07. The summed E-state index contributed by atoms with van der Waals surface area (Å²) in [5.74, 6) is -2.44. The molecule has 1 aromatic rings. The molecule has 0 radical (unpaired) electrons. The lowest BCUT2D eigenvalue weighted by molar-refractivity contribution is -0.173. The lowest BCUT2D eigenvalue weighted by Gasteiger charge is -2.19. The minimum Gasteiger partial charge on any atom is -0.444 e. The topological polar surface area (TPSA) is 96.5 Å². The maximum atomic E-state index is 12.2. The number of rotatable bonds is 6. The molecule has 0 saturated carbocycles. The summed E-state index contributed by atoms with van der Waals surface area (Å²) >= 11 is 0. The molecule has 0 atom stereocenters. The molecule has 27 heavy (non-hydrogen) atoms. The summed E-state index contributed by atoms with van der Waals surface area (Å²) in [6.07, 6.45) is -5.61. The van der Waals surface area contributed by atoms with E-state index in [-0.39, 0.29) is 19.5 Å². The summed E-state index contributed by atoms with van der Waals surface area (Å²) in [6, 6.07) is 6.03. The molecule has 0 aliphatic heterocycles. The fourth-order valence-corrected chi connectivity index (χ4v) is 1.86. The smallest absolute Gasteiger partial charge is 0.444 e. The summed E-state index contributed by atoms with van der Waals surface area (Å²) in [5, 5.41) is 6.74. The van der Waals surface area contributed by atoms with Crippen molar-refractivity contribution in [3.05, 3.63) is 29.8 Å². The van der Waals surface area contributed by atoms with Gasteiger partial charge < -0.3 is 20.7 Å². The van der Waals surface area contributed by atoms with Crippen molar-refractivity contribution >= 4 is 23.6 Å². The van der Waals surface area contributed by atoms with E-state index in [1.54, 1.807) is 32.2 Å². The van der Waals surface area contributed by atoms with Crippen LogP contribution < -0.4 is 16.0 Å². The van der Waals surface area contributed by atoms with Crippen molar-refractivity contribution in [3.8, 4) is 0 Å². The van der Waals surface area contributed by atoms with Crippen LogP contribution in [-0.2, 0) is 20.9 Å². The van der Waals surface area contributed by atoms with Crippen LogP contribution in [0.25, 0.3) is 0 Å². The van der Waals surface area contributed by atoms with Gasteiger partial charge in [-0.1, -0.05) is 12.1 Å². The van der Waals surface area contributed by atoms with Crippen LogP contribution in [0.4, 0.5) is 23.7 Å². The zero-order chi connectivity index (χ0) is 20.7. The molecule has 0 saturated heterocycles. The molecule has 0 bridgehead atoms. The van der Waals surface area contributed by atoms with Crippen LogP contribution in [0.2, 0.25) is 0 Å². The Morgan fingerprint density at radius 2 is 1.74 bits per heavy atom. The van der Waals surface area contributed by atoms with Gasteiger partial charge in [-0.3, -0.25) is 9.59 Å². The summed E-state index contributed by atoms with van der Waals surface area (Å²) < 4.78 is 41.5. The normalized spacial score (nSPS) is 11.5. The van der Waals surface area contributed by atoms with Gasteiger partial charge in [-0.15, -0.1) is 0 Å². The maximum absolute atomic E-state index is 12.2. The molecule has 3 amide bonds. The van der Waals surface area contributed by atoms with Gasteiger partial charge in [0.25, 0.3) is 0 Å². The Hall–Kier alpha value is -2.78. The van der Waals surface area contributed by atoms with Gasteiger partial charge in [0.05, 0.1) is 0 Å². The first-order valence-corrected chi connectivity index (χ1v) is 8.07. The van der Waals surface area contributed by atoms with Crippen molar-refractivity contribution in [3.63, 3.8) is 0 Å². The number of benzene rings is 1. The number of ether oxygens (including phenoxy) is 1. The quantitative estimate of drug-likeness (QED) is 0.697. The average molecular weight is 389 g/mol. The van der Waals surface area contributed by atoms with E-state index >= 15 is 0 Å². The van der Waals surface area contributed by atoms with Crippen molar-refractivity contribution in [1.29, 1.82) is 0 Å². The van der Waals surface area contributed by atoms with E-state index in [1.165, 1.54) is 18.2 Å². The summed E-state index contributed by atoms with van der Waals surface area (Å²) in [7, 11) is 0. The molecule has 0 unspecified atom stereocenters. The Morgan fingerprint density at radius 1 is 1.07 bits per heavy atom. The number of halogens is 3. The van der Waals surface area contributed by atoms with E-state index in [2.05, 4.69) is 10.6 Å². The van der Waals surface area contributed by atoms with Gasteiger partial charge in [-0.05, 0) is 38.5 Å². The highest BCUT2D eigenvalue weighted by atomic mass is 19.4. The van der Waals surface area contributed by atoms with E-state index in [0.717, 1.165) is 0 Å². The Morgan fingerprint density at radius 3 is 2.33 bits per heavy atom. The minimum atomic E-state index is -4.95. The number of nitrogens with one attached hydrogen (secondary N) is 3. The molecule has 0 aliphatic carbocycles. The molecule has 1 aromatic carbocycles. The molecule has 10 heteroatoms. The van der Waals surface area contributed by atoms with Crippen LogP contribution in [0.5, 0.6) is 0 Å². The van der Waals surface area contributed by atoms with E-state index in [4.69, 9.17) is 4.74 Å². The maximum Gasteiger partial charge on any atom is 0.471 e. The van der Waals surface area contributed by atoms with Crippen LogP contribution in [0.3, 0.4) is 0 Å². The van der Waals surface area contributed by atoms with Crippen LogP contribution in [0.1, 0.15) is 32.8 Å². The van der Waals surface area contributed by atoms with Gasteiger partial charge in [0, 0.05) is 25.2 Å². The van der Waals surface area contributed by atoms with E-state index < -0.39 is 29.7 Å². The first kappa shape index (κ1) is 22.3. The molecule has 150 valence electrons. The molecule has 0 heterocycles. The van der Waals surface area contributed by atoms with Crippen molar-refractivity contribution in [2.45, 2.75) is 45.5 Å². The summed E-state index contributed by atoms with van der Waals surface area (Å²) in [4.78, 5) is 34.1. The summed E-state index contributed by atoms with van der Waals surface area (Å²) in [5.41, 5.74) is 0.0993. The Balaban J connectivity index is 2.44. The van der Waals surface area contributed by atoms with Crippen LogP contribution in [0.15, 0.2) is 24.3 Å². The molecule has 0 aliphatic rings. The number of alkyl carbamates (subject to hydrolysis) is 1. The van der Waals surface area contributed by atoms with Gasteiger partial charge in [0.1, 0.15) is 5.60 Å². The van der Waals surface area contributed by atoms with Gasteiger partial charge in [0.15, 0.2) is 0 Å². The summed E-state index contributed by atoms with van der Waals surface area (Å²) in [6.45, 7) is 4.86. The average Bonchev–Trinajstić information content (AvgIpc) is 2.50. The SMILES string of the molecule is CC(C)(C)OC(=O)NCCC(=O)Nc1cccc(CNC(=O)C(F)(F)F)c1. The highest BCUT2D eigenvalue weighted by Crippen LogP contribution is 2.15. The lowest BCUT2D eigenvalue weighted by atomic mass is 10.2. The molecule has 0 fully saturated rings. The third kappa shape index (κ3) is 9.47. The number of carbonyl (C=O) groups excluding carboxylic acids is 3. The number of amides is 3. The molecule has 1 rings (SSSR count). The van der Waals surface area contributed by atoms with Crippen molar-refractivity contribution in [2.75, 3.05) is 11.9 Å². The molecule has 3 N–H and O–H groups in total. The zero-order valence-electron chi connectivity index (χ0n) is 15.2. The first-order chi connectivity index (χ1) is 12.4. The van der Waals surface area contributed by atoms with Gasteiger partial charge in [-0.2, -0.15) is 13.2 Å². The number of anilines is 1. The third-order valence-electron chi connectivity index (χ3n) is 2.94. The largest absolute Gasteiger partial charge is 0.471 e. The van der Waals surface area contributed by atoms with Crippen LogP contribution in [0, 0.1) is 0 Å². The van der Waals surface area contributed by atoms with Crippen molar-refractivity contribution in [1.82, 2.24) is 10.6 Å². The van der Waals surface area contributed by atoms with E-state index in [0.29, 0.717) is 11.3 Å². The second kappa shape index (κ2) is 9.24.